The van der Waals surface area contributed by atoms with Gasteiger partial charge in [-0.15, -0.1) is 5.10 Å². The van der Waals surface area contributed by atoms with Gasteiger partial charge in [0.05, 0.1) is 80.1 Å². The van der Waals surface area contributed by atoms with E-state index < -0.39 is 5.69 Å². The number of aromatic hydroxyl groups is 2. The van der Waals surface area contributed by atoms with Crippen LogP contribution in [0.1, 0.15) is 44.6 Å². The number of fused-ring (bicyclic) bond motifs is 8. The van der Waals surface area contributed by atoms with Crippen LogP contribution in [-0.2, 0) is 25.6 Å². The number of carbonyl (C=O) groups is 2. The van der Waals surface area contributed by atoms with E-state index in [4.69, 9.17) is 24.0 Å². The fourth-order valence-corrected chi connectivity index (χ4v) is 7.81. The Kier molecular flexibility index (Phi) is 16.4. The molecule has 2 amide bonds. The molecule has 6 heterocycles. The van der Waals surface area contributed by atoms with Crippen LogP contribution >= 0.6 is 0 Å². The Morgan fingerprint density at radius 2 is 1.69 bits per heavy atom. The lowest BCUT2D eigenvalue weighted by atomic mass is 9.98. The van der Waals surface area contributed by atoms with Crippen molar-refractivity contribution in [2.24, 2.45) is 0 Å². The molecule has 0 radical (unpaired) electrons. The first-order valence-electron chi connectivity index (χ1n) is 23.3. The molecule has 0 aliphatic carbocycles. The maximum absolute atomic E-state index is 12.7. The zero-order valence-electron chi connectivity index (χ0n) is 39.2. The molecule has 4 aromatic heterocycles. The van der Waals surface area contributed by atoms with Crippen molar-refractivity contribution < 1.29 is 38.7 Å². The van der Waals surface area contributed by atoms with Gasteiger partial charge < -0.3 is 45.1 Å². The average Bonchev–Trinajstić information content (AvgIpc) is 4.09. The molecule has 0 unspecified atom stereocenters. The highest BCUT2D eigenvalue weighted by Crippen LogP contribution is 2.37. The van der Waals surface area contributed by atoms with Crippen molar-refractivity contribution in [3.8, 4) is 51.3 Å². The van der Waals surface area contributed by atoms with Crippen molar-refractivity contribution in [3.05, 3.63) is 107 Å². The van der Waals surface area contributed by atoms with Crippen molar-refractivity contribution in [1.82, 2.24) is 54.7 Å². The van der Waals surface area contributed by atoms with Gasteiger partial charge in [0.1, 0.15) is 29.6 Å². The Morgan fingerprint density at radius 1 is 0.871 bits per heavy atom. The minimum Gasteiger partial charge on any atom is -0.508 e. The number of nitrogens with one attached hydrogen (secondary N) is 4. The number of phenols is 2. The average molecular weight is 959 g/mol. The number of benzene rings is 3. The summed E-state index contributed by atoms with van der Waals surface area (Å²) < 4.78 is 28.5. The second-order valence-electron chi connectivity index (χ2n) is 16.9. The number of H-pyrrole nitrogens is 1. The fourth-order valence-electron chi connectivity index (χ4n) is 7.81. The van der Waals surface area contributed by atoms with E-state index in [0.29, 0.717) is 87.6 Å². The molecule has 3 aromatic carbocycles. The van der Waals surface area contributed by atoms with Crippen LogP contribution < -0.4 is 31.1 Å². The molecule has 6 bridgehead atoms. The maximum Gasteiger partial charge on any atom is 0.348 e. The quantitative estimate of drug-likeness (QED) is 0.0606. The topological polar surface area (TPSA) is 250 Å². The Labute approximate surface area is 403 Å². The molecule has 21 heteroatoms. The number of aromatic nitrogens is 8. The normalized spacial score (nSPS) is 13.1. The first-order chi connectivity index (χ1) is 34.1. The summed E-state index contributed by atoms with van der Waals surface area (Å²) in [4.78, 5) is 44.2. The fraction of sp³-hybridized carbons (Fsp3) is 0.367. The molecule has 368 valence electrons. The maximum atomic E-state index is 12.7. The Morgan fingerprint density at radius 3 is 2.50 bits per heavy atom. The summed E-state index contributed by atoms with van der Waals surface area (Å²) in [5.41, 5.74) is 4.54. The summed E-state index contributed by atoms with van der Waals surface area (Å²) in [5, 5.41) is 45.3. The molecule has 21 nitrogen and oxygen atoms in total. The summed E-state index contributed by atoms with van der Waals surface area (Å²) in [6, 6.07) is 21.7. The van der Waals surface area contributed by atoms with E-state index in [9.17, 15) is 24.6 Å². The number of carbonyl (C=O) groups excluding carboxylic acids is 2. The highest BCUT2D eigenvalue weighted by Gasteiger charge is 2.20. The number of amides is 2. The number of phenolic OH excluding ortho intramolecular Hbond substituents is 2. The van der Waals surface area contributed by atoms with Crippen LogP contribution in [0.15, 0.2) is 96.2 Å². The number of rotatable bonds is 19. The largest absolute Gasteiger partial charge is 0.508 e. The number of aromatic amines is 1. The summed E-state index contributed by atoms with van der Waals surface area (Å²) >= 11 is 0. The first kappa shape index (κ1) is 48.7. The monoisotopic (exact) mass is 958 g/mol. The van der Waals surface area contributed by atoms with Gasteiger partial charge in [-0.05, 0) is 91.1 Å². The Hall–Kier alpha value is -7.75. The van der Waals surface area contributed by atoms with Crippen molar-refractivity contribution in [2.45, 2.75) is 45.6 Å². The van der Waals surface area contributed by atoms with Crippen LogP contribution in [-0.4, -0.2) is 138 Å². The van der Waals surface area contributed by atoms with Gasteiger partial charge >= 0.3 is 5.69 Å². The van der Waals surface area contributed by atoms with Crippen molar-refractivity contribution >= 4 is 29.0 Å². The smallest absolute Gasteiger partial charge is 0.348 e. The number of ether oxygens (including phenoxy) is 4. The van der Waals surface area contributed by atoms with Gasteiger partial charge in [0.25, 0.3) is 0 Å². The predicted molar refractivity (Wildman–Crippen MR) is 260 cm³/mol. The third kappa shape index (κ3) is 12.9. The number of nitrogens with zero attached hydrogens (tertiary/aromatic N) is 8. The Balaban J connectivity index is 0.680. The van der Waals surface area contributed by atoms with Gasteiger partial charge in [-0.1, -0.05) is 13.8 Å². The van der Waals surface area contributed by atoms with Crippen LogP contribution in [0.3, 0.4) is 0 Å². The minimum absolute atomic E-state index is 0.0291. The standard InChI is InChI=1S/C49H58N12O9/c1-33(2)40-27-41(44(63)28-43(40)62)47-55-56-49(66)60(47)36-7-12-39(13-8-36)69-21-3-16-50-46(65)31-51-45(64)15-22-67-25-26-68-23-19-58-17-4-18-59-32-35(29-53-59)54-48-52-30-37-9-14-42(61(37)57-48)34-5-10-38(11-6-34)70-24-20-58/h5-14,27-30,32-33,62-63H,3-4,15-26,31H2,1-2H3,(H,50,65)(H,51,64)(H,54,57)(H,56,66). The van der Waals surface area contributed by atoms with Crippen LogP contribution in [0.2, 0.25) is 0 Å². The number of hydrogen-bond acceptors (Lipinski definition) is 15. The minimum atomic E-state index is -0.500. The van der Waals surface area contributed by atoms with E-state index in [-0.39, 0.29) is 54.6 Å². The predicted octanol–water partition coefficient (Wildman–Crippen LogP) is 4.62. The SMILES string of the molecule is CC(C)c1cc(-c2n[nH]c(=O)n2-c2ccc(OCCCNC(=O)CNC(=O)CCOCCOCCN3CCCn4cc(cn4)Nc4ncc5ccc(n5n4)-c4ccc(cc4)OCC3)cc2)c(O)cc1O. The van der Waals surface area contributed by atoms with Gasteiger partial charge in [0.2, 0.25) is 17.8 Å². The molecule has 2 aliphatic rings. The van der Waals surface area contributed by atoms with E-state index >= 15 is 0 Å². The van der Waals surface area contributed by atoms with Crippen molar-refractivity contribution in [2.75, 3.05) is 77.7 Å². The lowest BCUT2D eigenvalue weighted by Gasteiger charge is -2.22. The summed E-state index contributed by atoms with van der Waals surface area (Å²) in [6.45, 7) is 9.18. The van der Waals surface area contributed by atoms with Crippen LogP contribution in [0.25, 0.3) is 33.8 Å². The molecule has 0 spiro atoms. The second-order valence-corrected chi connectivity index (χ2v) is 16.9. The Bertz CT molecular complexity index is 2890. The lowest BCUT2D eigenvalue weighted by Crippen LogP contribution is -2.37. The van der Waals surface area contributed by atoms with E-state index in [1.807, 2.05) is 65.6 Å². The molecule has 2 aliphatic heterocycles. The van der Waals surface area contributed by atoms with Crippen LogP contribution in [0, 0.1) is 0 Å². The molecule has 7 aromatic rings. The van der Waals surface area contributed by atoms with Crippen molar-refractivity contribution in [3.63, 3.8) is 0 Å². The van der Waals surface area contributed by atoms with E-state index in [1.54, 1.807) is 42.7 Å². The molecule has 9 rings (SSSR count). The third-order valence-corrected chi connectivity index (χ3v) is 11.5. The van der Waals surface area contributed by atoms with Gasteiger partial charge in [0.15, 0.2) is 5.82 Å². The summed E-state index contributed by atoms with van der Waals surface area (Å²) in [7, 11) is 0. The first-order valence-corrected chi connectivity index (χ1v) is 23.3. The highest BCUT2D eigenvalue weighted by molar-refractivity contribution is 5.84. The summed E-state index contributed by atoms with van der Waals surface area (Å²) in [5.74, 6) is 1.10. The summed E-state index contributed by atoms with van der Waals surface area (Å²) in [6.07, 6.45) is 6.99. The second kappa shape index (κ2) is 23.5. The van der Waals surface area contributed by atoms with Gasteiger partial charge in [-0.3, -0.25) is 19.2 Å². The highest BCUT2D eigenvalue weighted by atomic mass is 16.5. The van der Waals surface area contributed by atoms with Gasteiger partial charge in [-0.25, -0.2) is 24.0 Å². The zero-order chi connectivity index (χ0) is 48.8. The van der Waals surface area contributed by atoms with E-state index in [1.165, 1.54) is 10.6 Å². The lowest BCUT2D eigenvalue weighted by molar-refractivity contribution is -0.126. The van der Waals surface area contributed by atoms with Crippen LogP contribution in [0.4, 0.5) is 11.6 Å². The van der Waals surface area contributed by atoms with Crippen molar-refractivity contribution in [1.29, 1.82) is 0 Å². The molecule has 70 heavy (non-hydrogen) atoms. The van der Waals surface area contributed by atoms with Gasteiger partial charge in [-0.2, -0.15) is 10.2 Å². The molecule has 0 atom stereocenters. The van der Waals surface area contributed by atoms with Crippen LogP contribution in [0.5, 0.6) is 23.0 Å². The molecule has 0 saturated carbocycles. The number of aryl methyl sites for hydroxylation is 1. The molecule has 6 N–H and O–H groups in total. The molecular formula is C49H58N12O9. The molecule has 0 fully saturated rings. The van der Waals surface area contributed by atoms with Gasteiger partial charge in [0, 0.05) is 57.0 Å². The van der Waals surface area contributed by atoms with E-state index in [0.717, 1.165) is 47.7 Å². The zero-order valence-corrected chi connectivity index (χ0v) is 39.2. The third-order valence-electron chi connectivity index (χ3n) is 11.5. The van der Waals surface area contributed by atoms with E-state index in [2.05, 4.69) is 41.1 Å². The molecular weight excluding hydrogens is 901 g/mol. The number of anilines is 2. The molecule has 0 saturated heterocycles. The number of hydrogen-bond donors (Lipinski definition) is 6.